The number of halogens is 1. The summed E-state index contributed by atoms with van der Waals surface area (Å²) in [5.41, 5.74) is 6.59. The molecule has 1 aromatic rings. The largest absolute Gasteiger partial charge is 0.398 e. The van der Waals surface area contributed by atoms with Crippen molar-refractivity contribution in [3.05, 3.63) is 28.8 Å². The van der Waals surface area contributed by atoms with Gasteiger partial charge in [0.1, 0.15) is 0 Å². The van der Waals surface area contributed by atoms with Crippen LogP contribution < -0.4 is 5.73 Å². The molecule has 5 heteroatoms. The van der Waals surface area contributed by atoms with Crippen LogP contribution in [0.5, 0.6) is 0 Å². The second-order valence-corrected chi connectivity index (χ2v) is 4.54. The molecule has 0 atom stereocenters. The van der Waals surface area contributed by atoms with Gasteiger partial charge in [0.05, 0.1) is 12.2 Å². The second kappa shape index (κ2) is 7.24. The van der Waals surface area contributed by atoms with Crippen LogP contribution in [-0.2, 0) is 0 Å². The molecule has 0 heterocycles. The molecule has 1 aromatic carbocycles. The highest BCUT2D eigenvalue weighted by Gasteiger charge is 2.17. The third kappa shape index (κ3) is 3.89. The Balaban J connectivity index is 2.90. The number of benzene rings is 1. The van der Waals surface area contributed by atoms with Gasteiger partial charge in [0.25, 0.3) is 5.91 Å². The third-order valence-electron chi connectivity index (χ3n) is 2.68. The molecule has 1 amide bonds. The van der Waals surface area contributed by atoms with Crippen LogP contribution in [-0.4, -0.2) is 35.6 Å². The molecular formula is C13H19ClN2O2. The average molecular weight is 271 g/mol. The van der Waals surface area contributed by atoms with Crippen LogP contribution in [0.15, 0.2) is 18.2 Å². The Hall–Kier alpha value is -1.26. The average Bonchev–Trinajstić information content (AvgIpc) is 2.36. The number of nitrogens with zero attached hydrogens (tertiary/aromatic N) is 1. The lowest BCUT2D eigenvalue weighted by molar-refractivity contribution is 0.0720. The minimum Gasteiger partial charge on any atom is -0.398 e. The molecule has 0 aliphatic heterocycles. The molecule has 1 rings (SSSR count). The minimum atomic E-state index is -0.183. The second-order valence-electron chi connectivity index (χ2n) is 4.10. The molecule has 0 unspecified atom stereocenters. The summed E-state index contributed by atoms with van der Waals surface area (Å²) in [4.78, 5) is 13.9. The summed E-state index contributed by atoms with van der Waals surface area (Å²) in [6.45, 7) is 2.91. The maximum atomic E-state index is 12.3. The van der Waals surface area contributed by atoms with Gasteiger partial charge < -0.3 is 15.7 Å². The summed E-state index contributed by atoms with van der Waals surface area (Å²) >= 11 is 5.87. The van der Waals surface area contributed by atoms with Gasteiger partial charge in [-0.15, -0.1) is 0 Å². The highest BCUT2D eigenvalue weighted by molar-refractivity contribution is 6.31. The molecule has 0 fully saturated rings. The molecule has 0 spiro atoms. The summed E-state index contributed by atoms with van der Waals surface area (Å²) in [7, 11) is 0. The molecule has 3 N–H and O–H groups in total. The molecule has 18 heavy (non-hydrogen) atoms. The molecule has 0 saturated carbocycles. The van der Waals surface area contributed by atoms with E-state index in [-0.39, 0.29) is 12.5 Å². The molecule has 0 saturated heterocycles. The Bertz CT molecular complexity index is 410. The van der Waals surface area contributed by atoms with E-state index >= 15 is 0 Å². The first kappa shape index (κ1) is 14.8. The van der Waals surface area contributed by atoms with Gasteiger partial charge in [-0.05, 0) is 24.6 Å². The number of hydrogen-bond donors (Lipinski definition) is 2. The number of carbonyl (C=O) groups is 1. The predicted molar refractivity (Wildman–Crippen MR) is 73.8 cm³/mol. The van der Waals surface area contributed by atoms with Crippen LogP contribution in [0.3, 0.4) is 0 Å². The lowest BCUT2D eigenvalue weighted by Crippen LogP contribution is -2.34. The van der Waals surface area contributed by atoms with E-state index in [1.807, 2.05) is 0 Å². The molecule has 0 aliphatic rings. The van der Waals surface area contributed by atoms with Gasteiger partial charge in [-0.3, -0.25) is 4.79 Å². The van der Waals surface area contributed by atoms with Crippen LogP contribution >= 0.6 is 11.6 Å². The Morgan fingerprint density at radius 3 is 2.78 bits per heavy atom. The smallest absolute Gasteiger partial charge is 0.256 e. The first-order chi connectivity index (χ1) is 8.60. The van der Waals surface area contributed by atoms with E-state index in [4.69, 9.17) is 22.4 Å². The van der Waals surface area contributed by atoms with Crippen LogP contribution in [0.25, 0.3) is 0 Å². The van der Waals surface area contributed by atoms with Gasteiger partial charge in [-0.25, -0.2) is 0 Å². The zero-order chi connectivity index (χ0) is 13.5. The Morgan fingerprint density at radius 2 is 2.17 bits per heavy atom. The molecular weight excluding hydrogens is 252 g/mol. The number of nitrogens with two attached hydrogens (primary N) is 1. The number of rotatable bonds is 6. The SMILES string of the molecule is CCCCN(CCO)C(=O)c1cc(Cl)ccc1N. The van der Waals surface area contributed by atoms with E-state index < -0.39 is 0 Å². The van der Waals surface area contributed by atoms with Gasteiger partial charge in [-0.2, -0.15) is 0 Å². The summed E-state index contributed by atoms with van der Waals surface area (Å²) in [6.07, 6.45) is 1.88. The molecule has 100 valence electrons. The quantitative estimate of drug-likeness (QED) is 0.779. The molecule has 0 bridgehead atoms. The van der Waals surface area contributed by atoms with E-state index in [0.29, 0.717) is 29.4 Å². The standard InChI is InChI=1S/C13H19ClN2O2/c1-2-3-6-16(7-8-17)13(18)11-9-10(14)4-5-12(11)15/h4-5,9,17H,2-3,6-8,15H2,1H3. The van der Waals surface area contributed by atoms with Crippen molar-refractivity contribution in [2.24, 2.45) is 0 Å². The third-order valence-corrected chi connectivity index (χ3v) is 2.92. The first-order valence-electron chi connectivity index (χ1n) is 6.05. The van der Waals surface area contributed by atoms with Crippen LogP contribution in [0.4, 0.5) is 5.69 Å². The van der Waals surface area contributed by atoms with E-state index in [9.17, 15) is 4.79 Å². The van der Waals surface area contributed by atoms with Gasteiger partial charge in [0.2, 0.25) is 0 Å². The fourth-order valence-corrected chi connectivity index (χ4v) is 1.84. The zero-order valence-corrected chi connectivity index (χ0v) is 11.3. The van der Waals surface area contributed by atoms with Crippen molar-refractivity contribution in [2.45, 2.75) is 19.8 Å². The molecule has 0 aromatic heterocycles. The summed E-state index contributed by atoms with van der Waals surface area (Å²) in [5, 5.41) is 9.48. The number of nitrogen functional groups attached to an aromatic ring is 1. The van der Waals surface area contributed by atoms with Gasteiger partial charge in [0.15, 0.2) is 0 Å². The normalized spacial score (nSPS) is 10.4. The van der Waals surface area contributed by atoms with Crippen molar-refractivity contribution < 1.29 is 9.90 Å². The minimum absolute atomic E-state index is 0.0596. The van der Waals surface area contributed by atoms with Crippen LogP contribution in [0.2, 0.25) is 5.02 Å². The van der Waals surface area contributed by atoms with E-state index in [1.165, 1.54) is 0 Å². The van der Waals surface area contributed by atoms with E-state index in [0.717, 1.165) is 12.8 Å². The number of hydrogen-bond acceptors (Lipinski definition) is 3. The molecule has 0 aliphatic carbocycles. The maximum absolute atomic E-state index is 12.3. The van der Waals surface area contributed by atoms with Crippen molar-refractivity contribution in [3.63, 3.8) is 0 Å². The topological polar surface area (TPSA) is 66.6 Å². The lowest BCUT2D eigenvalue weighted by atomic mass is 10.1. The highest BCUT2D eigenvalue weighted by Crippen LogP contribution is 2.19. The van der Waals surface area contributed by atoms with Crippen molar-refractivity contribution in [3.8, 4) is 0 Å². The summed E-state index contributed by atoms with van der Waals surface area (Å²) < 4.78 is 0. The van der Waals surface area contributed by atoms with Crippen LogP contribution in [0, 0.1) is 0 Å². The van der Waals surface area contributed by atoms with E-state index in [1.54, 1.807) is 23.1 Å². The first-order valence-corrected chi connectivity index (χ1v) is 6.43. The van der Waals surface area contributed by atoms with E-state index in [2.05, 4.69) is 6.92 Å². The van der Waals surface area contributed by atoms with Crippen LogP contribution in [0.1, 0.15) is 30.1 Å². The fraction of sp³-hybridized carbons (Fsp3) is 0.462. The maximum Gasteiger partial charge on any atom is 0.256 e. The lowest BCUT2D eigenvalue weighted by Gasteiger charge is -2.22. The summed E-state index contributed by atoms with van der Waals surface area (Å²) in [6, 6.07) is 4.83. The Labute approximate surface area is 112 Å². The zero-order valence-electron chi connectivity index (χ0n) is 10.5. The van der Waals surface area contributed by atoms with Gasteiger partial charge in [-0.1, -0.05) is 24.9 Å². The molecule has 0 radical (unpaired) electrons. The highest BCUT2D eigenvalue weighted by atomic mass is 35.5. The number of aliphatic hydroxyl groups excluding tert-OH is 1. The Kier molecular flexibility index (Phi) is 5.95. The number of unbranched alkanes of at least 4 members (excludes halogenated alkanes) is 1. The van der Waals surface area contributed by atoms with Crippen molar-refractivity contribution in [1.29, 1.82) is 0 Å². The van der Waals surface area contributed by atoms with Crippen molar-refractivity contribution >= 4 is 23.2 Å². The van der Waals surface area contributed by atoms with Crippen molar-refractivity contribution in [2.75, 3.05) is 25.4 Å². The molecule has 4 nitrogen and oxygen atoms in total. The van der Waals surface area contributed by atoms with Gasteiger partial charge >= 0.3 is 0 Å². The Morgan fingerprint density at radius 1 is 1.44 bits per heavy atom. The fourth-order valence-electron chi connectivity index (χ4n) is 1.67. The summed E-state index contributed by atoms with van der Waals surface area (Å²) in [5.74, 6) is -0.183. The number of anilines is 1. The number of aliphatic hydroxyl groups is 1. The van der Waals surface area contributed by atoms with Crippen molar-refractivity contribution in [1.82, 2.24) is 4.90 Å². The predicted octanol–water partition coefficient (Wildman–Crippen LogP) is 2.16. The number of amides is 1. The number of carbonyl (C=O) groups excluding carboxylic acids is 1. The monoisotopic (exact) mass is 270 g/mol. The van der Waals surface area contributed by atoms with Gasteiger partial charge in [0, 0.05) is 23.8 Å².